The second-order valence-electron chi connectivity index (χ2n) is 9.97. The number of hydrogen-bond acceptors (Lipinski definition) is 8. The van der Waals surface area contributed by atoms with E-state index in [2.05, 4.69) is 14.8 Å². The van der Waals surface area contributed by atoms with Crippen LogP contribution < -0.4 is 15.2 Å². The molecule has 0 bridgehead atoms. The highest BCUT2D eigenvalue weighted by molar-refractivity contribution is 6.35. The first kappa shape index (κ1) is 33.4. The molecule has 0 N–H and O–H groups in total. The van der Waals surface area contributed by atoms with E-state index in [1.54, 1.807) is 6.92 Å². The molecule has 0 spiro atoms. The monoisotopic (exact) mass is 674 g/mol. The van der Waals surface area contributed by atoms with Crippen molar-refractivity contribution in [1.82, 2.24) is 19.3 Å². The van der Waals surface area contributed by atoms with Crippen molar-refractivity contribution in [3.63, 3.8) is 0 Å². The van der Waals surface area contributed by atoms with Crippen molar-refractivity contribution in [2.45, 2.75) is 39.2 Å². The summed E-state index contributed by atoms with van der Waals surface area (Å²) in [7, 11) is 1.11. The summed E-state index contributed by atoms with van der Waals surface area (Å²) >= 11 is 6.27. The lowest BCUT2D eigenvalue weighted by Crippen LogP contribution is -2.28. The third-order valence-corrected chi connectivity index (χ3v) is 7.36. The summed E-state index contributed by atoms with van der Waals surface area (Å²) in [6.45, 7) is 0.672. The summed E-state index contributed by atoms with van der Waals surface area (Å²) in [6.07, 6.45) is -4.19. The van der Waals surface area contributed by atoms with Crippen LogP contribution in [0.25, 0.3) is 16.5 Å². The Morgan fingerprint density at radius 3 is 2.51 bits per heavy atom. The predicted octanol–water partition coefficient (Wildman–Crippen LogP) is 6.67. The molecule has 1 unspecified atom stereocenters. The summed E-state index contributed by atoms with van der Waals surface area (Å²) in [5.41, 5.74) is 0.218. The van der Waals surface area contributed by atoms with Crippen molar-refractivity contribution in [3.05, 3.63) is 105 Å². The van der Waals surface area contributed by atoms with Gasteiger partial charge in [0.2, 0.25) is 5.88 Å². The van der Waals surface area contributed by atoms with Gasteiger partial charge in [-0.15, -0.1) is 5.10 Å². The summed E-state index contributed by atoms with van der Waals surface area (Å²) < 4.78 is 80.0. The molecule has 15 heteroatoms. The zero-order valence-corrected chi connectivity index (χ0v) is 25.7. The molecule has 0 fully saturated rings. The van der Waals surface area contributed by atoms with Gasteiger partial charge in [-0.2, -0.15) is 4.68 Å². The van der Waals surface area contributed by atoms with Crippen LogP contribution in [-0.4, -0.2) is 51.6 Å². The molecule has 0 aliphatic rings. The molecule has 0 aliphatic heterocycles. The molecule has 3 aromatic carbocycles. The topological polar surface area (TPSA) is 107 Å². The Kier molecular flexibility index (Phi) is 10.4. The average molecular weight is 675 g/mol. The number of carbonyl (C=O) groups excluding carboxylic acids is 1. The lowest BCUT2D eigenvalue weighted by Gasteiger charge is -2.19. The fourth-order valence-electron chi connectivity index (χ4n) is 4.69. The molecule has 0 radical (unpaired) electrons. The molecule has 1 atom stereocenters. The van der Waals surface area contributed by atoms with Gasteiger partial charge >= 0.3 is 11.7 Å². The van der Waals surface area contributed by atoms with Crippen LogP contribution in [0.15, 0.2) is 71.7 Å². The highest BCUT2D eigenvalue weighted by atomic mass is 35.5. The summed E-state index contributed by atoms with van der Waals surface area (Å²) in [5.74, 6) is -2.92. The molecule has 5 aromatic rings. The quantitative estimate of drug-likeness (QED) is 0.101. The molecule has 0 amide bonds. The smallest absolute Gasteiger partial charge is 0.350 e. The number of halogens is 5. The number of pyridine rings is 1. The van der Waals surface area contributed by atoms with Crippen LogP contribution >= 0.6 is 11.6 Å². The third-order valence-electron chi connectivity index (χ3n) is 6.98. The maximum absolute atomic E-state index is 14.9. The van der Waals surface area contributed by atoms with Gasteiger partial charge < -0.3 is 18.9 Å². The zero-order valence-electron chi connectivity index (χ0n) is 25.0. The SMILES string of the molecule is CCn1c(COCc2ccccc2)nn(-c2cc(OC(CF)C(F)F)c3c(Oc4c(F)ccc(C(=O)OC)c4Cl)nccc3c2)c1=O. The van der Waals surface area contributed by atoms with Crippen LogP contribution in [0.5, 0.6) is 17.4 Å². The van der Waals surface area contributed by atoms with E-state index in [9.17, 15) is 27.2 Å². The fraction of sp³-hybridized carbons (Fsp3) is 0.250. The number of aromatic nitrogens is 4. The Morgan fingerprint density at radius 2 is 1.83 bits per heavy atom. The minimum atomic E-state index is -3.24. The van der Waals surface area contributed by atoms with E-state index >= 15 is 0 Å². The second-order valence-corrected chi connectivity index (χ2v) is 10.3. The number of fused-ring (bicyclic) bond motifs is 1. The van der Waals surface area contributed by atoms with E-state index < -0.39 is 47.5 Å². The molecule has 2 aromatic heterocycles. The van der Waals surface area contributed by atoms with E-state index in [1.807, 2.05) is 30.3 Å². The van der Waals surface area contributed by atoms with Crippen molar-refractivity contribution < 1.29 is 41.3 Å². The van der Waals surface area contributed by atoms with Gasteiger partial charge in [0.25, 0.3) is 6.43 Å². The van der Waals surface area contributed by atoms with Gasteiger partial charge in [0, 0.05) is 18.8 Å². The van der Waals surface area contributed by atoms with Gasteiger partial charge in [-0.05, 0) is 42.1 Å². The Balaban J connectivity index is 1.60. The first-order valence-electron chi connectivity index (χ1n) is 14.1. The van der Waals surface area contributed by atoms with Crippen LogP contribution in [0.2, 0.25) is 5.02 Å². The normalized spacial score (nSPS) is 12.0. The number of carbonyl (C=O) groups is 1. The molecule has 2 heterocycles. The van der Waals surface area contributed by atoms with E-state index in [4.69, 9.17) is 25.8 Å². The van der Waals surface area contributed by atoms with Crippen LogP contribution in [0.1, 0.15) is 28.7 Å². The van der Waals surface area contributed by atoms with E-state index in [0.717, 1.165) is 29.5 Å². The van der Waals surface area contributed by atoms with Crippen LogP contribution in [0.4, 0.5) is 17.6 Å². The average Bonchev–Trinajstić information content (AvgIpc) is 3.39. The number of alkyl halides is 3. The molecule has 0 saturated heterocycles. The van der Waals surface area contributed by atoms with Gasteiger partial charge in [0.1, 0.15) is 24.1 Å². The zero-order chi connectivity index (χ0) is 33.7. The van der Waals surface area contributed by atoms with E-state index in [1.165, 1.54) is 29.0 Å². The number of ether oxygens (including phenoxy) is 4. The minimum absolute atomic E-state index is 0.0178. The molecular weight excluding hydrogens is 648 g/mol. The van der Waals surface area contributed by atoms with Gasteiger partial charge in [-0.1, -0.05) is 41.9 Å². The van der Waals surface area contributed by atoms with Gasteiger partial charge in [0.05, 0.1) is 30.4 Å². The molecule has 0 saturated carbocycles. The van der Waals surface area contributed by atoms with Crippen molar-refractivity contribution in [3.8, 4) is 23.1 Å². The second kappa shape index (κ2) is 14.6. The van der Waals surface area contributed by atoms with E-state index in [0.29, 0.717) is 5.82 Å². The molecule has 0 aliphatic carbocycles. The highest BCUT2D eigenvalue weighted by Crippen LogP contribution is 2.41. The Labute approximate surface area is 270 Å². The Hall–Kier alpha value is -4.95. The minimum Gasteiger partial charge on any atom is -0.481 e. The first-order valence-corrected chi connectivity index (χ1v) is 14.5. The maximum atomic E-state index is 14.9. The summed E-state index contributed by atoms with van der Waals surface area (Å²) in [5, 5.41) is 4.11. The van der Waals surface area contributed by atoms with Gasteiger partial charge in [0.15, 0.2) is 23.5 Å². The summed E-state index contributed by atoms with van der Waals surface area (Å²) in [4.78, 5) is 29.7. The van der Waals surface area contributed by atoms with Crippen molar-refractivity contribution in [1.29, 1.82) is 0 Å². The third kappa shape index (κ3) is 7.08. The largest absolute Gasteiger partial charge is 0.481 e. The van der Waals surface area contributed by atoms with Crippen LogP contribution in [-0.2, 0) is 29.2 Å². The maximum Gasteiger partial charge on any atom is 0.350 e. The standard InChI is InChI=1S/C32H27ClF4N4O6/c1-3-40-25(17-45-16-18-7-5-4-6-8-18)39-41(32(40)43)20-13-19-11-12-38-30(26(19)23(14-20)46-24(15-34)29(36)37)47-28-22(35)10-9-21(27(28)33)31(42)44-2/h4-14,24,29H,3,15-17H2,1-2H3. The summed E-state index contributed by atoms with van der Waals surface area (Å²) in [6, 6.07) is 15.5. The number of benzene rings is 3. The molecule has 10 nitrogen and oxygen atoms in total. The van der Waals surface area contributed by atoms with Crippen molar-refractivity contribution >= 4 is 28.3 Å². The number of esters is 1. The van der Waals surface area contributed by atoms with Crippen LogP contribution in [0.3, 0.4) is 0 Å². The fourth-order valence-corrected chi connectivity index (χ4v) is 4.96. The predicted molar refractivity (Wildman–Crippen MR) is 163 cm³/mol. The van der Waals surface area contributed by atoms with Gasteiger partial charge in [-0.3, -0.25) is 4.57 Å². The number of rotatable bonds is 13. The molecular formula is C32H27ClF4N4O6. The van der Waals surface area contributed by atoms with Crippen molar-refractivity contribution in [2.24, 2.45) is 0 Å². The lowest BCUT2D eigenvalue weighted by molar-refractivity contribution is -0.000433. The van der Waals surface area contributed by atoms with Crippen LogP contribution in [0, 0.1) is 5.82 Å². The lowest BCUT2D eigenvalue weighted by atomic mass is 10.1. The number of methoxy groups -OCH3 is 1. The molecule has 47 heavy (non-hydrogen) atoms. The molecule has 246 valence electrons. The number of nitrogens with zero attached hydrogens (tertiary/aromatic N) is 4. The van der Waals surface area contributed by atoms with Gasteiger partial charge in [-0.25, -0.2) is 32.1 Å². The Bertz CT molecular complexity index is 1950. The molecule has 5 rings (SSSR count). The van der Waals surface area contributed by atoms with E-state index in [-0.39, 0.29) is 53.4 Å². The number of hydrogen-bond donors (Lipinski definition) is 0. The van der Waals surface area contributed by atoms with Crippen molar-refractivity contribution in [2.75, 3.05) is 13.8 Å². The first-order chi connectivity index (χ1) is 22.7. The highest BCUT2D eigenvalue weighted by Gasteiger charge is 2.27. The Morgan fingerprint density at radius 1 is 1.06 bits per heavy atom.